The van der Waals surface area contributed by atoms with Crippen LogP contribution in [0.15, 0.2) is 5.38 Å². The van der Waals surface area contributed by atoms with Crippen molar-refractivity contribution in [2.45, 2.75) is 26.7 Å². The van der Waals surface area contributed by atoms with Gasteiger partial charge < -0.3 is 4.90 Å². The topological polar surface area (TPSA) is 66.5 Å². The highest BCUT2D eigenvalue weighted by Crippen LogP contribution is 2.24. The first kappa shape index (κ1) is 16.5. The van der Waals surface area contributed by atoms with Crippen molar-refractivity contribution < 1.29 is 13.2 Å². The van der Waals surface area contributed by atoms with E-state index in [4.69, 9.17) is 0 Å². The molecule has 0 aliphatic carbocycles. The first-order chi connectivity index (χ1) is 9.78. The molecule has 0 spiro atoms. The number of hydrogen-bond donors (Lipinski definition) is 1. The Morgan fingerprint density at radius 1 is 1.48 bits per heavy atom. The number of thiophene rings is 1. The number of nitrogens with one attached hydrogen (secondary N) is 1. The van der Waals surface area contributed by atoms with Crippen LogP contribution in [0.1, 0.15) is 33.6 Å². The molecule has 0 saturated carbocycles. The lowest BCUT2D eigenvalue weighted by atomic mass is 9.97. The molecule has 21 heavy (non-hydrogen) atoms. The summed E-state index contributed by atoms with van der Waals surface area (Å²) in [7, 11) is -3.17. The van der Waals surface area contributed by atoms with Gasteiger partial charge in [-0.1, -0.05) is 0 Å². The smallest absolute Gasteiger partial charge is 0.254 e. The Morgan fingerprint density at radius 2 is 2.19 bits per heavy atom. The molecule has 1 fully saturated rings. The second kappa shape index (κ2) is 6.46. The first-order valence-electron chi connectivity index (χ1n) is 7.06. The first-order valence-corrected chi connectivity index (χ1v) is 9.83. The number of amides is 1. The highest BCUT2D eigenvalue weighted by molar-refractivity contribution is 7.88. The third kappa shape index (κ3) is 4.28. The highest BCUT2D eigenvalue weighted by Gasteiger charge is 2.26. The number of carbonyl (C=O) groups excluding carboxylic acids is 1. The lowest BCUT2D eigenvalue weighted by Crippen LogP contribution is -2.43. The summed E-state index contributed by atoms with van der Waals surface area (Å²) in [5.74, 6) is 0.262. The van der Waals surface area contributed by atoms with Gasteiger partial charge in [0.05, 0.1) is 11.8 Å². The minimum absolute atomic E-state index is 0.0703. The fourth-order valence-corrected chi connectivity index (χ4v) is 3.98. The Balaban J connectivity index is 2.00. The van der Waals surface area contributed by atoms with Crippen LogP contribution in [0.2, 0.25) is 0 Å². The summed E-state index contributed by atoms with van der Waals surface area (Å²) in [5.41, 5.74) is 1.84. The van der Waals surface area contributed by atoms with E-state index in [2.05, 4.69) is 4.72 Å². The lowest BCUT2D eigenvalue weighted by Gasteiger charge is -2.32. The third-order valence-corrected chi connectivity index (χ3v) is 5.66. The molecule has 2 rings (SSSR count). The number of sulfonamides is 1. The van der Waals surface area contributed by atoms with Crippen LogP contribution in [0.5, 0.6) is 0 Å². The van der Waals surface area contributed by atoms with Crippen LogP contribution in [-0.4, -0.2) is 45.1 Å². The molecule has 1 aliphatic rings. The van der Waals surface area contributed by atoms with E-state index in [-0.39, 0.29) is 11.8 Å². The standard InChI is InChI=1S/C14H22N2O3S2/c1-10-11(2)20-9-13(10)14(17)16-6-4-5-12(8-16)7-15-21(3,18)19/h9,12,15H,4-8H2,1-3H3. The average molecular weight is 330 g/mol. The van der Waals surface area contributed by atoms with E-state index >= 15 is 0 Å². The number of rotatable bonds is 4. The second-order valence-electron chi connectivity index (χ2n) is 5.71. The average Bonchev–Trinajstić information content (AvgIpc) is 2.76. The maximum absolute atomic E-state index is 12.6. The number of carbonyl (C=O) groups is 1. The van der Waals surface area contributed by atoms with Crippen molar-refractivity contribution in [3.63, 3.8) is 0 Å². The maximum atomic E-state index is 12.6. The molecule has 7 heteroatoms. The summed E-state index contributed by atoms with van der Waals surface area (Å²) in [6.45, 7) is 5.78. The Hall–Kier alpha value is -0.920. The summed E-state index contributed by atoms with van der Waals surface area (Å²) in [4.78, 5) is 15.6. The van der Waals surface area contributed by atoms with Crippen molar-refractivity contribution >= 4 is 27.3 Å². The molecule has 0 bridgehead atoms. The van der Waals surface area contributed by atoms with Crippen LogP contribution >= 0.6 is 11.3 Å². The van der Waals surface area contributed by atoms with Crippen molar-refractivity contribution in [2.24, 2.45) is 5.92 Å². The Bertz CT molecular complexity index is 622. The van der Waals surface area contributed by atoms with Gasteiger partial charge in [0, 0.05) is 29.9 Å². The van der Waals surface area contributed by atoms with Crippen LogP contribution in [0.3, 0.4) is 0 Å². The van der Waals surface area contributed by atoms with Gasteiger partial charge in [-0.2, -0.15) is 0 Å². The fraction of sp³-hybridized carbons (Fsp3) is 0.643. The van der Waals surface area contributed by atoms with Crippen molar-refractivity contribution in [1.29, 1.82) is 0 Å². The van der Waals surface area contributed by atoms with Crippen LogP contribution in [0.25, 0.3) is 0 Å². The van der Waals surface area contributed by atoms with Gasteiger partial charge in [0.1, 0.15) is 0 Å². The van der Waals surface area contributed by atoms with E-state index in [0.717, 1.165) is 36.8 Å². The largest absolute Gasteiger partial charge is 0.338 e. The Morgan fingerprint density at radius 3 is 2.76 bits per heavy atom. The van der Waals surface area contributed by atoms with Gasteiger partial charge >= 0.3 is 0 Å². The number of nitrogens with zero attached hydrogens (tertiary/aromatic N) is 1. The summed E-state index contributed by atoms with van der Waals surface area (Å²) in [5, 5.41) is 1.92. The molecule has 1 amide bonds. The Kier molecular flexibility index (Phi) is 5.06. The van der Waals surface area contributed by atoms with E-state index < -0.39 is 10.0 Å². The monoisotopic (exact) mass is 330 g/mol. The molecule has 1 aromatic heterocycles. The van der Waals surface area contributed by atoms with Gasteiger partial charge in [0.2, 0.25) is 10.0 Å². The highest BCUT2D eigenvalue weighted by atomic mass is 32.2. The molecule has 5 nitrogen and oxygen atoms in total. The molecule has 118 valence electrons. The predicted octanol–water partition coefficient (Wildman–Crippen LogP) is 1.77. The van der Waals surface area contributed by atoms with Gasteiger partial charge in [0.25, 0.3) is 5.91 Å². The van der Waals surface area contributed by atoms with E-state index in [9.17, 15) is 13.2 Å². The van der Waals surface area contributed by atoms with Crippen LogP contribution in [-0.2, 0) is 10.0 Å². The minimum atomic E-state index is -3.17. The van der Waals surface area contributed by atoms with E-state index in [1.807, 2.05) is 24.1 Å². The molecule has 2 heterocycles. The van der Waals surface area contributed by atoms with E-state index in [1.165, 1.54) is 4.88 Å². The molecule has 1 aromatic rings. The predicted molar refractivity (Wildman–Crippen MR) is 85.3 cm³/mol. The molecular weight excluding hydrogens is 308 g/mol. The van der Waals surface area contributed by atoms with Crippen LogP contribution in [0, 0.1) is 19.8 Å². The van der Waals surface area contributed by atoms with Crippen molar-refractivity contribution in [1.82, 2.24) is 9.62 Å². The minimum Gasteiger partial charge on any atom is -0.338 e. The molecule has 1 saturated heterocycles. The molecule has 1 aliphatic heterocycles. The maximum Gasteiger partial charge on any atom is 0.254 e. The van der Waals surface area contributed by atoms with Crippen molar-refractivity contribution in [3.8, 4) is 0 Å². The van der Waals surface area contributed by atoms with E-state index in [1.54, 1.807) is 11.3 Å². The number of hydrogen-bond acceptors (Lipinski definition) is 4. The summed E-state index contributed by atoms with van der Waals surface area (Å²) in [6, 6.07) is 0. The van der Waals surface area contributed by atoms with Crippen molar-refractivity contribution in [2.75, 3.05) is 25.9 Å². The third-order valence-electron chi connectivity index (χ3n) is 3.96. The second-order valence-corrected chi connectivity index (χ2v) is 8.63. The van der Waals surface area contributed by atoms with Crippen molar-refractivity contribution in [3.05, 3.63) is 21.4 Å². The van der Waals surface area contributed by atoms with Gasteiger partial charge in [-0.25, -0.2) is 13.1 Å². The molecule has 0 aromatic carbocycles. The number of aryl methyl sites for hydroxylation is 1. The quantitative estimate of drug-likeness (QED) is 0.915. The summed E-state index contributed by atoms with van der Waals surface area (Å²) in [6.07, 6.45) is 3.04. The zero-order valence-electron chi connectivity index (χ0n) is 12.7. The summed E-state index contributed by atoms with van der Waals surface area (Å²) >= 11 is 1.60. The van der Waals surface area contributed by atoms with E-state index in [0.29, 0.717) is 13.1 Å². The van der Waals surface area contributed by atoms with Gasteiger partial charge in [-0.05, 0) is 38.2 Å². The van der Waals surface area contributed by atoms with Gasteiger partial charge in [-0.15, -0.1) is 11.3 Å². The molecule has 0 radical (unpaired) electrons. The zero-order chi connectivity index (χ0) is 15.6. The molecule has 1 N–H and O–H groups in total. The summed E-state index contributed by atoms with van der Waals surface area (Å²) < 4.78 is 24.9. The SMILES string of the molecule is Cc1scc(C(=O)N2CCCC(CNS(C)(=O)=O)C2)c1C. The lowest BCUT2D eigenvalue weighted by molar-refractivity contribution is 0.0676. The van der Waals surface area contributed by atoms with Crippen LogP contribution in [0.4, 0.5) is 0 Å². The van der Waals surface area contributed by atoms with Gasteiger partial charge in [0.15, 0.2) is 0 Å². The van der Waals surface area contributed by atoms with Gasteiger partial charge in [-0.3, -0.25) is 4.79 Å². The van der Waals surface area contributed by atoms with Crippen LogP contribution < -0.4 is 4.72 Å². The molecule has 1 unspecified atom stereocenters. The normalized spacial score (nSPS) is 19.8. The molecule has 1 atom stereocenters. The number of likely N-dealkylation sites (tertiary alicyclic amines) is 1. The zero-order valence-corrected chi connectivity index (χ0v) is 14.3. The Labute approximate surface area is 130 Å². The fourth-order valence-electron chi connectivity index (χ4n) is 2.58. The molecular formula is C14H22N2O3S2. The number of piperidine rings is 1.